The first kappa shape index (κ1) is 16.7. The van der Waals surface area contributed by atoms with Crippen molar-refractivity contribution in [3.8, 4) is 0 Å². The number of ether oxygens (including phenoxy) is 1. The predicted molar refractivity (Wildman–Crippen MR) is 69.2 cm³/mol. The topological polar surface area (TPSA) is 24.5 Å². The zero-order chi connectivity index (χ0) is 14.3. The summed E-state index contributed by atoms with van der Waals surface area (Å²) >= 11 is 0. The van der Waals surface area contributed by atoms with Crippen LogP contribution in [0.15, 0.2) is 0 Å². The highest BCUT2D eigenvalue weighted by atomic mass is 19.4. The molecule has 1 heterocycles. The van der Waals surface area contributed by atoms with Crippen molar-refractivity contribution in [3.63, 3.8) is 0 Å². The van der Waals surface area contributed by atoms with Gasteiger partial charge in [0.2, 0.25) is 0 Å². The molecule has 0 radical (unpaired) electrons. The monoisotopic (exact) mass is 282 g/mol. The van der Waals surface area contributed by atoms with Crippen LogP contribution in [0.2, 0.25) is 0 Å². The van der Waals surface area contributed by atoms with Gasteiger partial charge in [-0.3, -0.25) is 0 Å². The molecule has 2 atom stereocenters. The number of hydrogen-bond donors (Lipinski definition) is 1. The van der Waals surface area contributed by atoms with Crippen molar-refractivity contribution in [1.82, 2.24) is 10.2 Å². The highest BCUT2D eigenvalue weighted by molar-refractivity contribution is 4.84. The second kappa shape index (κ2) is 8.07. The third-order valence-corrected chi connectivity index (χ3v) is 3.63. The maximum atomic E-state index is 11.9. The van der Waals surface area contributed by atoms with Crippen LogP contribution >= 0.6 is 0 Å². The van der Waals surface area contributed by atoms with E-state index < -0.39 is 12.8 Å². The second-order valence-electron chi connectivity index (χ2n) is 5.09. The lowest BCUT2D eigenvalue weighted by Gasteiger charge is -2.38. The molecule has 2 unspecified atom stereocenters. The van der Waals surface area contributed by atoms with E-state index in [0.717, 1.165) is 32.5 Å². The number of rotatable bonds is 7. The van der Waals surface area contributed by atoms with Gasteiger partial charge in [-0.2, -0.15) is 13.2 Å². The predicted octanol–water partition coefficient (Wildman–Crippen LogP) is 2.28. The summed E-state index contributed by atoms with van der Waals surface area (Å²) in [5.41, 5.74) is 0. The number of piperidine rings is 1. The molecule has 0 aliphatic carbocycles. The second-order valence-corrected chi connectivity index (χ2v) is 5.09. The summed E-state index contributed by atoms with van der Waals surface area (Å²) in [6, 6.07) is 0.544. The Labute approximate surface area is 113 Å². The third kappa shape index (κ3) is 6.58. The molecule has 1 N–H and O–H groups in total. The van der Waals surface area contributed by atoms with Crippen molar-refractivity contribution < 1.29 is 17.9 Å². The SMILES string of the molecule is CCNC1CCN(CCOCC(F)(F)F)CC1CC. The van der Waals surface area contributed by atoms with Gasteiger partial charge in [-0.15, -0.1) is 0 Å². The molecule has 1 fully saturated rings. The van der Waals surface area contributed by atoms with Crippen LogP contribution < -0.4 is 5.32 Å². The van der Waals surface area contributed by atoms with Crippen molar-refractivity contribution in [1.29, 1.82) is 0 Å². The fourth-order valence-corrected chi connectivity index (χ4v) is 2.64. The zero-order valence-corrected chi connectivity index (χ0v) is 11.8. The van der Waals surface area contributed by atoms with Crippen molar-refractivity contribution >= 4 is 0 Å². The van der Waals surface area contributed by atoms with Crippen molar-refractivity contribution in [2.24, 2.45) is 5.92 Å². The Balaban J connectivity index is 2.22. The molecule has 1 aliphatic heterocycles. The van der Waals surface area contributed by atoms with Gasteiger partial charge >= 0.3 is 6.18 Å². The lowest BCUT2D eigenvalue weighted by atomic mass is 9.90. The minimum absolute atomic E-state index is 0.155. The number of nitrogens with zero attached hydrogens (tertiary/aromatic N) is 1. The van der Waals surface area contributed by atoms with Crippen molar-refractivity contribution in [2.45, 2.75) is 38.9 Å². The van der Waals surface area contributed by atoms with E-state index in [1.165, 1.54) is 0 Å². The number of alkyl halides is 3. The fourth-order valence-electron chi connectivity index (χ4n) is 2.64. The van der Waals surface area contributed by atoms with Crippen LogP contribution in [0.5, 0.6) is 0 Å². The standard InChI is InChI=1S/C13H25F3N2O/c1-3-11-9-18(6-5-12(11)17-4-2)7-8-19-10-13(14,15)16/h11-12,17H,3-10H2,1-2H3. The lowest BCUT2D eigenvalue weighted by Crippen LogP contribution is -2.49. The summed E-state index contributed by atoms with van der Waals surface area (Å²) in [5, 5.41) is 3.49. The van der Waals surface area contributed by atoms with Gasteiger partial charge in [0.05, 0.1) is 6.61 Å². The molecule has 0 bridgehead atoms. The maximum Gasteiger partial charge on any atom is 0.411 e. The van der Waals surface area contributed by atoms with Gasteiger partial charge in [-0.1, -0.05) is 20.3 Å². The molecule has 0 spiro atoms. The van der Waals surface area contributed by atoms with E-state index in [0.29, 0.717) is 18.5 Å². The van der Waals surface area contributed by atoms with E-state index in [4.69, 9.17) is 0 Å². The van der Waals surface area contributed by atoms with E-state index in [1.54, 1.807) is 0 Å². The highest BCUT2D eigenvalue weighted by Gasteiger charge is 2.29. The summed E-state index contributed by atoms with van der Waals surface area (Å²) in [6.07, 6.45) is -2.06. The smallest absolute Gasteiger partial charge is 0.371 e. The normalized spacial score (nSPS) is 25.7. The van der Waals surface area contributed by atoms with E-state index in [1.807, 2.05) is 0 Å². The molecular formula is C13H25F3N2O. The average Bonchev–Trinajstić information content (AvgIpc) is 2.35. The quantitative estimate of drug-likeness (QED) is 0.725. The molecule has 0 aromatic heterocycles. The molecule has 19 heavy (non-hydrogen) atoms. The molecule has 0 aromatic rings. The van der Waals surface area contributed by atoms with Crippen LogP contribution in [0.4, 0.5) is 13.2 Å². The highest BCUT2D eigenvalue weighted by Crippen LogP contribution is 2.20. The largest absolute Gasteiger partial charge is 0.411 e. The minimum atomic E-state index is -4.22. The summed E-state index contributed by atoms with van der Waals surface area (Å²) in [4.78, 5) is 2.21. The molecule has 1 aliphatic rings. The van der Waals surface area contributed by atoms with Gasteiger partial charge in [0, 0.05) is 19.1 Å². The van der Waals surface area contributed by atoms with Crippen LogP contribution in [0.25, 0.3) is 0 Å². The zero-order valence-electron chi connectivity index (χ0n) is 11.8. The lowest BCUT2D eigenvalue weighted by molar-refractivity contribution is -0.174. The number of halogens is 3. The minimum Gasteiger partial charge on any atom is -0.371 e. The van der Waals surface area contributed by atoms with E-state index >= 15 is 0 Å². The van der Waals surface area contributed by atoms with Gasteiger partial charge in [-0.05, 0) is 25.4 Å². The van der Waals surface area contributed by atoms with E-state index in [2.05, 4.69) is 28.8 Å². The molecule has 3 nitrogen and oxygen atoms in total. The number of likely N-dealkylation sites (tertiary alicyclic amines) is 1. The van der Waals surface area contributed by atoms with E-state index in [9.17, 15) is 13.2 Å². The Morgan fingerprint density at radius 2 is 2.05 bits per heavy atom. The summed E-state index contributed by atoms with van der Waals surface area (Å²) in [5.74, 6) is 0.580. The van der Waals surface area contributed by atoms with Crippen LogP contribution in [0.3, 0.4) is 0 Å². The molecule has 0 aromatic carbocycles. The van der Waals surface area contributed by atoms with Gasteiger partial charge in [0.15, 0.2) is 0 Å². The molecule has 6 heteroatoms. The Hall–Kier alpha value is -0.330. The van der Waals surface area contributed by atoms with Crippen molar-refractivity contribution in [2.75, 3.05) is 39.4 Å². The van der Waals surface area contributed by atoms with Gasteiger partial charge in [0.1, 0.15) is 6.61 Å². The van der Waals surface area contributed by atoms with Crippen LogP contribution in [0.1, 0.15) is 26.7 Å². The van der Waals surface area contributed by atoms with Gasteiger partial charge < -0.3 is 15.0 Å². The van der Waals surface area contributed by atoms with E-state index in [-0.39, 0.29) is 6.61 Å². The van der Waals surface area contributed by atoms with Gasteiger partial charge in [0.25, 0.3) is 0 Å². The number of nitrogens with one attached hydrogen (secondary N) is 1. The van der Waals surface area contributed by atoms with Gasteiger partial charge in [-0.25, -0.2) is 0 Å². The fraction of sp³-hybridized carbons (Fsp3) is 1.00. The number of hydrogen-bond acceptors (Lipinski definition) is 3. The molecule has 1 rings (SSSR count). The third-order valence-electron chi connectivity index (χ3n) is 3.63. The molecule has 0 saturated carbocycles. The molecule has 114 valence electrons. The first-order chi connectivity index (χ1) is 8.96. The Morgan fingerprint density at radius 3 is 2.63 bits per heavy atom. The van der Waals surface area contributed by atoms with Crippen LogP contribution in [0, 0.1) is 5.92 Å². The Morgan fingerprint density at radius 1 is 1.32 bits per heavy atom. The first-order valence-corrected chi connectivity index (χ1v) is 7.06. The summed E-state index contributed by atoms with van der Waals surface area (Å²) in [6.45, 7) is 6.72. The molecular weight excluding hydrogens is 257 g/mol. The summed E-state index contributed by atoms with van der Waals surface area (Å²) < 4.78 is 40.4. The Kier molecular flexibility index (Phi) is 7.10. The summed E-state index contributed by atoms with van der Waals surface area (Å²) in [7, 11) is 0. The maximum absolute atomic E-state index is 11.9. The molecule has 1 saturated heterocycles. The average molecular weight is 282 g/mol. The van der Waals surface area contributed by atoms with Crippen LogP contribution in [-0.4, -0.2) is 56.5 Å². The first-order valence-electron chi connectivity index (χ1n) is 7.06. The van der Waals surface area contributed by atoms with Crippen LogP contribution in [-0.2, 0) is 4.74 Å². The van der Waals surface area contributed by atoms with Crippen molar-refractivity contribution in [3.05, 3.63) is 0 Å². The molecule has 0 amide bonds. The Bertz CT molecular complexity index is 249.